The molecule has 0 aromatic rings. The molecule has 0 unspecified atom stereocenters. The Bertz CT molecular complexity index is 271. The highest BCUT2D eigenvalue weighted by molar-refractivity contribution is 4.90. The lowest BCUT2D eigenvalue weighted by Crippen LogP contribution is -2.49. The summed E-state index contributed by atoms with van der Waals surface area (Å²) in [7, 11) is 0. The quantitative estimate of drug-likeness (QED) is 0.744. The zero-order chi connectivity index (χ0) is 13.9. The summed E-state index contributed by atoms with van der Waals surface area (Å²) < 4.78 is 0. The van der Waals surface area contributed by atoms with Crippen LogP contribution in [0, 0.1) is 0 Å². The van der Waals surface area contributed by atoms with Gasteiger partial charge in [-0.3, -0.25) is 9.80 Å². The molecule has 0 aromatic heterocycles. The van der Waals surface area contributed by atoms with Crippen LogP contribution in [0.2, 0.25) is 0 Å². The molecule has 2 rings (SSSR count). The van der Waals surface area contributed by atoms with Crippen LogP contribution < -0.4 is 0 Å². The van der Waals surface area contributed by atoms with E-state index in [4.69, 9.17) is 0 Å². The number of likely N-dealkylation sites (tertiary alicyclic amines) is 2. The van der Waals surface area contributed by atoms with E-state index in [9.17, 15) is 0 Å². The van der Waals surface area contributed by atoms with E-state index in [1.54, 1.807) is 0 Å². The van der Waals surface area contributed by atoms with Crippen LogP contribution in [0.4, 0.5) is 0 Å². The highest BCUT2D eigenvalue weighted by Gasteiger charge is 2.33. The van der Waals surface area contributed by atoms with E-state index in [1.165, 1.54) is 71.1 Å². The second-order valence-corrected chi connectivity index (χ2v) is 7.87. The van der Waals surface area contributed by atoms with Gasteiger partial charge in [0, 0.05) is 11.1 Å². The van der Waals surface area contributed by atoms with E-state index in [1.807, 2.05) is 0 Å². The van der Waals surface area contributed by atoms with Crippen molar-refractivity contribution in [3.63, 3.8) is 0 Å². The lowest BCUT2D eigenvalue weighted by molar-refractivity contribution is 0.0617. The Hall–Kier alpha value is -0.0800. The second-order valence-electron chi connectivity index (χ2n) is 7.87. The van der Waals surface area contributed by atoms with Crippen LogP contribution in [0.5, 0.6) is 0 Å². The van der Waals surface area contributed by atoms with Gasteiger partial charge in [-0.15, -0.1) is 0 Å². The summed E-state index contributed by atoms with van der Waals surface area (Å²) in [5.41, 5.74) is 0.779. The van der Waals surface area contributed by atoms with Crippen LogP contribution in [0.25, 0.3) is 0 Å². The van der Waals surface area contributed by atoms with Crippen LogP contribution in [-0.4, -0.2) is 47.1 Å². The Morgan fingerprint density at radius 2 is 0.895 bits per heavy atom. The first-order valence-electron chi connectivity index (χ1n) is 8.42. The molecule has 2 saturated heterocycles. The number of rotatable bonds is 5. The van der Waals surface area contributed by atoms with Crippen LogP contribution >= 0.6 is 0 Å². The number of hydrogen-bond donors (Lipinski definition) is 0. The van der Waals surface area contributed by atoms with Gasteiger partial charge in [0.2, 0.25) is 0 Å². The summed E-state index contributed by atoms with van der Waals surface area (Å²) in [5.74, 6) is 0. The first kappa shape index (κ1) is 15.3. The first-order chi connectivity index (χ1) is 8.92. The summed E-state index contributed by atoms with van der Waals surface area (Å²) in [6.45, 7) is 15.1. The summed E-state index contributed by atoms with van der Waals surface area (Å²) in [5, 5.41) is 0. The minimum Gasteiger partial charge on any atom is -0.298 e. The standard InChI is InChI=1S/C17H34N2/c1-16(2,18-12-6-5-7-13-18)10-11-17(3,4)19-14-8-9-15-19/h5-15H2,1-4H3. The molecule has 2 nitrogen and oxygen atoms in total. The summed E-state index contributed by atoms with van der Waals surface area (Å²) >= 11 is 0. The SMILES string of the molecule is CC(C)(CCC(C)(C)N1CCCC1)N1CCCCC1. The lowest BCUT2D eigenvalue weighted by atomic mass is 9.86. The third-order valence-electron chi connectivity index (χ3n) is 5.52. The predicted molar refractivity (Wildman–Crippen MR) is 83.6 cm³/mol. The van der Waals surface area contributed by atoms with Gasteiger partial charge in [-0.1, -0.05) is 6.42 Å². The monoisotopic (exact) mass is 266 g/mol. The van der Waals surface area contributed by atoms with E-state index < -0.39 is 0 Å². The van der Waals surface area contributed by atoms with Crippen molar-refractivity contribution in [3.8, 4) is 0 Å². The summed E-state index contributed by atoms with van der Waals surface area (Å²) in [6.07, 6.45) is 9.70. The molecule has 2 aliphatic rings. The van der Waals surface area contributed by atoms with Crippen molar-refractivity contribution in [2.75, 3.05) is 26.2 Å². The van der Waals surface area contributed by atoms with Crippen LogP contribution in [-0.2, 0) is 0 Å². The zero-order valence-electron chi connectivity index (χ0n) is 13.7. The minimum absolute atomic E-state index is 0.386. The van der Waals surface area contributed by atoms with Crippen molar-refractivity contribution in [2.24, 2.45) is 0 Å². The molecule has 0 amide bonds. The largest absolute Gasteiger partial charge is 0.298 e. The predicted octanol–water partition coefficient (Wildman–Crippen LogP) is 3.91. The third kappa shape index (κ3) is 3.95. The van der Waals surface area contributed by atoms with Crippen LogP contribution in [0.3, 0.4) is 0 Å². The molecule has 2 heterocycles. The lowest BCUT2D eigenvalue weighted by Gasteiger charge is -2.44. The summed E-state index contributed by atoms with van der Waals surface area (Å²) in [6, 6.07) is 0. The summed E-state index contributed by atoms with van der Waals surface area (Å²) in [4.78, 5) is 5.44. The second kappa shape index (κ2) is 6.13. The Morgan fingerprint density at radius 1 is 0.579 bits per heavy atom. The molecule has 0 aromatic carbocycles. The molecule has 2 fully saturated rings. The first-order valence-corrected chi connectivity index (χ1v) is 8.42. The molecule has 0 atom stereocenters. The average Bonchev–Trinajstić information content (AvgIpc) is 2.93. The van der Waals surface area contributed by atoms with Crippen molar-refractivity contribution >= 4 is 0 Å². The normalized spacial score (nSPS) is 24.0. The Balaban J connectivity index is 1.85. The molecule has 2 aliphatic heterocycles. The Labute approximate surface area is 120 Å². The molecule has 0 bridgehead atoms. The van der Waals surface area contributed by atoms with Crippen molar-refractivity contribution in [1.82, 2.24) is 9.80 Å². The topological polar surface area (TPSA) is 6.48 Å². The molecule has 112 valence electrons. The van der Waals surface area contributed by atoms with Crippen LogP contribution in [0.15, 0.2) is 0 Å². The Morgan fingerprint density at radius 3 is 1.26 bits per heavy atom. The van der Waals surface area contributed by atoms with Gasteiger partial charge in [0.05, 0.1) is 0 Å². The van der Waals surface area contributed by atoms with Gasteiger partial charge in [0.25, 0.3) is 0 Å². The van der Waals surface area contributed by atoms with E-state index >= 15 is 0 Å². The highest BCUT2D eigenvalue weighted by atomic mass is 15.2. The van der Waals surface area contributed by atoms with Crippen molar-refractivity contribution < 1.29 is 0 Å². The number of nitrogens with zero attached hydrogens (tertiary/aromatic N) is 2. The fourth-order valence-corrected chi connectivity index (χ4v) is 3.75. The molecule has 0 spiro atoms. The van der Waals surface area contributed by atoms with Gasteiger partial charge in [0.15, 0.2) is 0 Å². The maximum atomic E-state index is 2.73. The fourth-order valence-electron chi connectivity index (χ4n) is 3.75. The molecule has 2 heteroatoms. The smallest absolute Gasteiger partial charge is 0.0153 e. The van der Waals surface area contributed by atoms with Crippen molar-refractivity contribution in [2.45, 2.75) is 83.7 Å². The molecular formula is C17H34N2. The molecule has 0 N–H and O–H groups in total. The van der Waals surface area contributed by atoms with E-state index in [2.05, 4.69) is 37.5 Å². The van der Waals surface area contributed by atoms with E-state index in [0.717, 1.165) is 0 Å². The maximum Gasteiger partial charge on any atom is 0.0153 e. The number of piperidine rings is 1. The Kier molecular flexibility index (Phi) is 4.94. The van der Waals surface area contributed by atoms with Crippen molar-refractivity contribution in [1.29, 1.82) is 0 Å². The molecule has 19 heavy (non-hydrogen) atoms. The van der Waals surface area contributed by atoms with Gasteiger partial charge >= 0.3 is 0 Å². The van der Waals surface area contributed by atoms with Crippen LogP contribution in [0.1, 0.15) is 72.6 Å². The van der Waals surface area contributed by atoms with E-state index in [-0.39, 0.29) is 0 Å². The zero-order valence-corrected chi connectivity index (χ0v) is 13.7. The fraction of sp³-hybridized carbons (Fsp3) is 1.00. The molecule has 0 saturated carbocycles. The van der Waals surface area contributed by atoms with Gasteiger partial charge in [-0.25, -0.2) is 0 Å². The molecule has 0 aliphatic carbocycles. The average molecular weight is 266 g/mol. The van der Waals surface area contributed by atoms with Gasteiger partial charge in [-0.2, -0.15) is 0 Å². The van der Waals surface area contributed by atoms with Gasteiger partial charge in [0.1, 0.15) is 0 Å². The minimum atomic E-state index is 0.386. The van der Waals surface area contributed by atoms with Gasteiger partial charge in [-0.05, 0) is 92.4 Å². The highest BCUT2D eigenvalue weighted by Crippen LogP contribution is 2.31. The molecule has 0 radical (unpaired) electrons. The van der Waals surface area contributed by atoms with Gasteiger partial charge < -0.3 is 0 Å². The third-order valence-corrected chi connectivity index (χ3v) is 5.52. The van der Waals surface area contributed by atoms with E-state index in [0.29, 0.717) is 11.1 Å². The molecular weight excluding hydrogens is 232 g/mol. The van der Waals surface area contributed by atoms with Crippen molar-refractivity contribution in [3.05, 3.63) is 0 Å². The maximum absolute atomic E-state index is 2.73. The number of hydrogen-bond acceptors (Lipinski definition) is 2.